The van der Waals surface area contributed by atoms with E-state index in [0.29, 0.717) is 5.56 Å². The number of esters is 1. The molecule has 1 aromatic heterocycles. The molecule has 10 atom stereocenters. The number of methoxy groups -OCH3 is 1. The van der Waals surface area contributed by atoms with Gasteiger partial charge in [-0.2, -0.15) is 0 Å². The summed E-state index contributed by atoms with van der Waals surface area (Å²) in [4.78, 5) is 27.1. The van der Waals surface area contributed by atoms with Crippen LogP contribution in [0.1, 0.15) is 28.9 Å². The molecule has 0 bridgehead atoms. The maximum atomic E-state index is 13.9. The lowest BCUT2D eigenvalue weighted by atomic mass is 9.85. The molecule has 3 heterocycles. The van der Waals surface area contributed by atoms with Crippen molar-refractivity contribution in [2.45, 2.75) is 61.0 Å². The molecule has 294 valence electrons. The zero-order chi connectivity index (χ0) is 39.9. The van der Waals surface area contributed by atoms with Crippen LogP contribution in [-0.4, -0.2) is 131 Å². The van der Waals surface area contributed by atoms with Crippen molar-refractivity contribution in [3.05, 3.63) is 81.5 Å². The number of aliphatic hydroxyl groups is 7. The summed E-state index contributed by atoms with van der Waals surface area (Å²) in [6.07, 6.45) is -16.9. The fourth-order valence-corrected chi connectivity index (χ4v) is 6.64. The Morgan fingerprint density at radius 3 is 2.04 bits per heavy atom. The van der Waals surface area contributed by atoms with Crippen molar-refractivity contribution in [1.29, 1.82) is 0 Å². The molecule has 0 radical (unpaired) electrons. The lowest BCUT2D eigenvalue weighted by Crippen LogP contribution is -2.56. The van der Waals surface area contributed by atoms with Gasteiger partial charge in [-0.3, -0.25) is 4.79 Å². The van der Waals surface area contributed by atoms with Crippen LogP contribution >= 0.6 is 0 Å². The average Bonchev–Trinajstić information content (AvgIpc) is 3.16. The number of carbonyl (C=O) groups excluding carboxylic acids is 1. The number of rotatable bonds is 9. The summed E-state index contributed by atoms with van der Waals surface area (Å²) in [6.45, 7) is -1.84. The maximum absolute atomic E-state index is 13.9. The standard InChI is InChI=1S/C37H38O18/c1-51-20-10-14(2-8-17(20)41)3-9-23(43)55-37-32(49)28(45)22(13-39)54-36(37)25-29(46)24-18(42)11-19(15-4-6-16(40)7-5-15)52-34(24)26(30(25)47)35-33(50)31(48)27(44)21(12-38)53-35/h2-11,21-22,27-28,31-33,35-41,44-50H,12-13H2,1H3/b9-3+/t21-,22-,27-,28-,31+,32+,33-,35+,36+,37-/m1/s1. The van der Waals surface area contributed by atoms with Crippen molar-refractivity contribution < 1.29 is 84.3 Å². The lowest BCUT2D eigenvalue weighted by Gasteiger charge is -2.43. The molecule has 0 amide bonds. The summed E-state index contributed by atoms with van der Waals surface area (Å²) in [5.74, 6) is -3.67. The number of fused-ring (bicyclic) bond motifs is 1. The molecule has 0 saturated carbocycles. The second-order valence-electron chi connectivity index (χ2n) is 12.9. The maximum Gasteiger partial charge on any atom is 0.331 e. The zero-order valence-electron chi connectivity index (χ0n) is 28.7. The van der Waals surface area contributed by atoms with Crippen LogP contribution in [-0.2, 0) is 19.0 Å². The van der Waals surface area contributed by atoms with Gasteiger partial charge >= 0.3 is 5.97 Å². The highest BCUT2D eigenvalue weighted by Crippen LogP contribution is 2.51. The Hall–Kier alpha value is -5.28. The number of ether oxygens (including phenoxy) is 4. The molecule has 2 aliphatic rings. The van der Waals surface area contributed by atoms with Crippen molar-refractivity contribution in [3.8, 4) is 40.1 Å². The van der Waals surface area contributed by atoms with Gasteiger partial charge in [0.05, 0.1) is 31.5 Å². The fraction of sp³-hybridized carbons (Fsp3) is 0.351. The number of phenolic OH excluding ortho intramolecular Hbond substituents is 4. The number of aromatic hydroxyl groups is 4. The predicted molar refractivity (Wildman–Crippen MR) is 186 cm³/mol. The number of hydrogen-bond donors (Lipinski definition) is 11. The summed E-state index contributed by atoms with van der Waals surface area (Å²) in [5, 5.41) is 117. The van der Waals surface area contributed by atoms with E-state index in [1.54, 1.807) is 0 Å². The molecule has 0 unspecified atom stereocenters. The normalized spacial score (nSPS) is 28.4. The van der Waals surface area contributed by atoms with Gasteiger partial charge in [-0.15, -0.1) is 0 Å². The highest BCUT2D eigenvalue weighted by atomic mass is 16.6. The second kappa shape index (κ2) is 15.8. The molecule has 11 N–H and O–H groups in total. The highest BCUT2D eigenvalue weighted by molar-refractivity contribution is 5.92. The van der Waals surface area contributed by atoms with Gasteiger partial charge in [0.1, 0.15) is 83.3 Å². The molecule has 0 spiro atoms. The molecule has 18 nitrogen and oxygen atoms in total. The molecule has 2 saturated heterocycles. The van der Waals surface area contributed by atoms with E-state index < -0.39 is 119 Å². The van der Waals surface area contributed by atoms with Gasteiger partial charge in [0.2, 0.25) is 0 Å². The van der Waals surface area contributed by atoms with Crippen LogP contribution in [0, 0.1) is 0 Å². The Kier molecular flexibility index (Phi) is 11.3. The Morgan fingerprint density at radius 2 is 1.40 bits per heavy atom. The number of carbonyl (C=O) groups is 1. The van der Waals surface area contributed by atoms with Crippen molar-refractivity contribution >= 4 is 23.0 Å². The van der Waals surface area contributed by atoms with Crippen LogP contribution in [0.25, 0.3) is 28.4 Å². The molecule has 6 rings (SSSR count). The van der Waals surface area contributed by atoms with Crippen molar-refractivity contribution in [3.63, 3.8) is 0 Å². The van der Waals surface area contributed by atoms with Gasteiger partial charge in [0.25, 0.3) is 0 Å². The first-order valence-corrected chi connectivity index (χ1v) is 16.7. The van der Waals surface area contributed by atoms with Gasteiger partial charge in [-0.1, -0.05) is 6.07 Å². The molecule has 18 heteroatoms. The van der Waals surface area contributed by atoms with Crippen molar-refractivity contribution in [2.75, 3.05) is 20.3 Å². The van der Waals surface area contributed by atoms with Crippen LogP contribution in [0.3, 0.4) is 0 Å². The zero-order valence-corrected chi connectivity index (χ0v) is 28.7. The van der Waals surface area contributed by atoms with Gasteiger partial charge < -0.3 is 79.5 Å². The Bertz CT molecular complexity index is 2130. The molecular weight excluding hydrogens is 732 g/mol. The minimum Gasteiger partial charge on any atom is -0.508 e. The average molecular weight is 771 g/mol. The molecule has 4 aromatic rings. The van der Waals surface area contributed by atoms with Gasteiger partial charge in [0.15, 0.2) is 28.6 Å². The van der Waals surface area contributed by atoms with Gasteiger partial charge in [0, 0.05) is 17.7 Å². The van der Waals surface area contributed by atoms with E-state index in [9.17, 15) is 65.8 Å². The number of benzene rings is 3. The Labute approximate surface area is 310 Å². The second-order valence-corrected chi connectivity index (χ2v) is 12.9. The van der Waals surface area contributed by atoms with Crippen molar-refractivity contribution in [2.24, 2.45) is 0 Å². The summed E-state index contributed by atoms with van der Waals surface area (Å²) >= 11 is 0. The largest absolute Gasteiger partial charge is 0.508 e. The predicted octanol–water partition coefficient (Wildman–Crippen LogP) is -0.415. The molecular formula is C37H38O18. The third-order valence-corrected chi connectivity index (χ3v) is 9.54. The van der Waals surface area contributed by atoms with E-state index >= 15 is 0 Å². The van der Waals surface area contributed by atoms with Crippen LogP contribution in [0.2, 0.25) is 0 Å². The first-order valence-electron chi connectivity index (χ1n) is 16.7. The van der Waals surface area contributed by atoms with Gasteiger partial charge in [-0.25, -0.2) is 4.79 Å². The number of hydrogen-bond acceptors (Lipinski definition) is 18. The van der Waals surface area contributed by atoms with E-state index in [0.717, 1.165) is 12.1 Å². The minimum atomic E-state index is -2.09. The topological polar surface area (TPSA) is 307 Å². The summed E-state index contributed by atoms with van der Waals surface area (Å²) < 4.78 is 28.1. The van der Waals surface area contributed by atoms with Crippen LogP contribution in [0.15, 0.2) is 63.8 Å². The molecule has 2 fully saturated rings. The van der Waals surface area contributed by atoms with Crippen LogP contribution < -0.4 is 10.2 Å². The van der Waals surface area contributed by atoms with Crippen molar-refractivity contribution in [1.82, 2.24) is 0 Å². The van der Waals surface area contributed by atoms with Gasteiger partial charge in [-0.05, 0) is 48.0 Å². The Balaban J connectivity index is 1.54. The Morgan fingerprint density at radius 1 is 0.764 bits per heavy atom. The smallest absolute Gasteiger partial charge is 0.331 e. The van der Waals surface area contributed by atoms with E-state index in [4.69, 9.17) is 23.4 Å². The SMILES string of the molecule is COc1cc(/C=C/C(=O)O[C@@H]2[C@@H](O)[C@H](O)[C@@H](CO)O[C@H]2c2c(O)c([C@@H]3O[C@H](CO)[C@@H](O)[C@H](O)[C@H]3O)c3oc(-c4ccc(O)cc4)cc(=O)c3c2O)ccc1O. The molecule has 55 heavy (non-hydrogen) atoms. The number of phenols is 4. The van der Waals surface area contributed by atoms with E-state index in [1.165, 1.54) is 55.7 Å². The molecule has 0 aliphatic carbocycles. The summed E-state index contributed by atoms with van der Waals surface area (Å²) in [6, 6.07) is 10.4. The number of aliphatic hydroxyl groups excluding tert-OH is 7. The van der Waals surface area contributed by atoms with E-state index in [-0.39, 0.29) is 28.6 Å². The first kappa shape index (κ1) is 39.4. The molecule has 3 aromatic carbocycles. The van der Waals surface area contributed by atoms with E-state index in [2.05, 4.69) is 0 Å². The summed E-state index contributed by atoms with van der Waals surface area (Å²) in [5.41, 5.74) is -2.41. The molecule has 2 aliphatic heterocycles. The van der Waals surface area contributed by atoms with Crippen LogP contribution in [0.5, 0.6) is 28.7 Å². The van der Waals surface area contributed by atoms with E-state index in [1.807, 2.05) is 0 Å². The highest BCUT2D eigenvalue weighted by Gasteiger charge is 2.51. The first-order chi connectivity index (χ1) is 26.2. The summed E-state index contributed by atoms with van der Waals surface area (Å²) in [7, 11) is 1.31. The monoisotopic (exact) mass is 770 g/mol. The third kappa shape index (κ3) is 7.30. The quantitative estimate of drug-likeness (QED) is 0.0761. The fourth-order valence-electron chi connectivity index (χ4n) is 6.64. The van der Waals surface area contributed by atoms with Crippen LogP contribution in [0.4, 0.5) is 0 Å². The third-order valence-electron chi connectivity index (χ3n) is 9.54. The minimum absolute atomic E-state index is 0.0852. The lowest BCUT2D eigenvalue weighted by molar-refractivity contribution is -0.240.